The molecule has 3 aromatic carbocycles. The van der Waals surface area contributed by atoms with E-state index in [1.807, 2.05) is 24.3 Å². The van der Waals surface area contributed by atoms with Crippen LogP contribution in [0.2, 0.25) is 0 Å². The van der Waals surface area contributed by atoms with Gasteiger partial charge in [0.2, 0.25) is 0 Å². The van der Waals surface area contributed by atoms with Crippen LogP contribution in [0.4, 0.5) is 5.69 Å². The molecule has 0 bridgehead atoms. The van der Waals surface area contributed by atoms with Crippen LogP contribution in [0.25, 0.3) is 22.4 Å². The van der Waals surface area contributed by atoms with Crippen molar-refractivity contribution in [1.82, 2.24) is 4.98 Å². The number of benzene rings is 3. The topological polar surface area (TPSA) is 128 Å². The Morgan fingerprint density at radius 3 is 2.36 bits per heavy atom. The van der Waals surface area contributed by atoms with Crippen molar-refractivity contribution in [1.29, 1.82) is 0 Å². The van der Waals surface area contributed by atoms with E-state index in [0.717, 1.165) is 17.5 Å². The van der Waals surface area contributed by atoms with Crippen molar-refractivity contribution in [3.8, 4) is 28.1 Å². The number of sulfone groups is 1. The lowest BCUT2D eigenvalue weighted by Crippen LogP contribution is -2.15. The van der Waals surface area contributed by atoms with Gasteiger partial charge in [0.25, 0.3) is 11.8 Å². The summed E-state index contributed by atoms with van der Waals surface area (Å²) in [5.74, 6) is -0.909. The number of anilines is 1. The molecule has 0 radical (unpaired) electrons. The summed E-state index contributed by atoms with van der Waals surface area (Å²) in [4.78, 5) is 29.7. The summed E-state index contributed by atoms with van der Waals surface area (Å²) in [6.45, 7) is 0. The van der Waals surface area contributed by atoms with E-state index in [2.05, 4.69) is 10.3 Å². The van der Waals surface area contributed by atoms with Gasteiger partial charge in [-0.3, -0.25) is 14.6 Å². The van der Waals surface area contributed by atoms with E-state index in [-0.39, 0.29) is 21.8 Å². The Morgan fingerprint density at radius 2 is 1.69 bits per heavy atom. The lowest BCUT2D eigenvalue weighted by Gasteiger charge is -2.14. The highest BCUT2D eigenvalue weighted by Gasteiger charge is 2.19. The molecule has 36 heavy (non-hydrogen) atoms. The maximum atomic E-state index is 13.4. The first-order chi connectivity index (χ1) is 17.2. The molecule has 4 rings (SSSR count). The summed E-state index contributed by atoms with van der Waals surface area (Å²) < 4.78 is 29.7. The minimum Gasteiger partial charge on any atom is -0.496 e. The van der Waals surface area contributed by atoms with Gasteiger partial charge in [-0.1, -0.05) is 24.3 Å². The number of pyridine rings is 1. The number of hydrogen-bond acceptors (Lipinski definition) is 6. The predicted octanol–water partition coefficient (Wildman–Crippen LogP) is 4.18. The normalized spacial score (nSPS) is 11.1. The maximum absolute atomic E-state index is 13.4. The van der Waals surface area contributed by atoms with Crippen molar-refractivity contribution >= 4 is 27.3 Å². The average molecular weight is 502 g/mol. The molecule has 0 saturated carbocycles. The predicted molar refractivity (Wildman–Crippen MR) is 138 cm³/mol. The first-order valence-corrected chi connectivity index (χ1v) is 12.7. The van der Waals surface area contributed by atoms with E-state index in [0.29, 0.717) is 16.8 Å². The molecule has 0 aliphatic rings. The molecule has 2 amide bonds. The van der Waals surface area contributed by atoms with E-state index >= 15 is 0 Å². The largest absolute Gasteiger partial charge is 0.496 e. The SMILES string of the molecule is COc1ccc(-c2cc(S(C)(=O)=O)ccc2C(=O)Nc2cccc(-c3ccccn3)c2)cc1C(N)=O. The van der Waals surface area contributed by atoms with Crippen LogP contribution < -0.4 is 15.8 Å². The fourth-order valence-corrected chi connectivity index (χ4v) is 4.39. The molecule has 0 saturated heterocycles. The fraction of sp³-hybridized carbons (Fsp3) is 0.0741. The van der Waals surface area contributed by atoms with E-state index in [1.165, 1.54) is 31.4 Å². The zero-order valence-corrected chi connectivity index (χ0v) is 20.4. The van der Waals surface area contributed by atoms with Gasteiger partial charge < -0.3 is 15.8 Å². The van der Waals surface area contributed by atoms with E-state index < -0.39 is 21.7 Å². The highest BCUT2D eigenvalue weighted by atomic mass is 32.2. The van der Waals surface area contributed by atoms with Crippen LogP contribution in [0.1, 0.15) is 20.7 Å². The summed E-state index contributed by atoms with van der Waals surface area (Å²) in [6, 6.07) is 21.6. The lowest BCUT2D eigenvalue weighted by atomic mass is 9.96. The fourth-order valence-electron chi connectivity index (χ4n) is 3.75. The highest BCUT2D eigenvalue weighted by Crippen LogP contribution is 2.32. The molecule has 0 fully saturated rings. The number of hydrogen-bond donors (Lipinski definition) is 2. The first kappa shape index (κ1) is 24.6. The van der Waals surface area contributed by atoms with Gasteiger partial charge in [-0.15, -0.1) is 0 Å². The van der Waals surface area contributed by atoms with Gasteiger partial charge in [0.15, 0.2) is 9.84 Å². The number of primary amides is 1. The smallest absolute Gasteiger partial charge is 0.256 e. The second kappa shape index (κ2) is 10.0. The van der Waals surface area contributed by atoms with Gasteiger partial charge in [0.1, 0.15) is 5.75 Å². The molecular weight excluding hydrogens is 478 g/mol. The van der Waals surface area contributed by atoms with Crippen LogP contribution in [0.5, 0.6) is 5.75 Å². The number of nitrogens with zero attached hydrogens (tertiary/aromatic N) is 1. The average Bonchev–Trinajstić information content (AvgIpc) is 2.88. The number of nitrogens with two attached hydrogens (primary N) is 1. The molecular formula is C27H23N3O5S. The van der Waals surface area contributed by atoms with Crippen LogP contribution in [0.3, 0.4) is 0 Å². The molecule has 8 nitrogen and oxygen atoms in total. The Hall–Kier alpha value is -4.50. The molecule has 0 aliphatic carbocycles. The van der Waals surface area contributed by atoms with Crippen LogP contribution in [-0.2, 0) is 9.84 Å². The Kier molecular flexibility index (Phi) is 6.84. The number of nitrogens with one attached hydrogen (secondary N) is 1. The van der Waals surface area contributed by atoms with Crippen molar-refractivity contribution in [2.24, 2.45) is 5.73 Å². The molecule has 9 heteroatoms. The van der Waals surface area contributed by atoms with Crippen molar-refractivity contribution in [3.63, 3.8) is 0 Å². The van der Waals surface area contributed by atoms with Crippen molar-refractivity contribution in [2.45, 2.75) is 4.90 Å². The standard InChI is InChI=1S/C27H23N3O5S/c1-35-25-12-9-17(15-23(25)26(28)31)22-16-20(36(2,33)34)10-11-21(22)27(32)30-19-7-5-6-18(14-19)24-8-3-4-13-29-24/h3-16H,1-2H3,(H2,28,31)(H,30,32). The van der Waals surface area contributed by atoms with Gasteiger partial charge >= 0.3 is 0 Å². The van der Waals surface area contributed by atoms with Crippen molar-refractivity contribution in [3.05, 3.63) is 96.2 Å². The van der Waals surface area contributed by atoms with Crippen molar-refractivity contribution in [2.75, 3.05) is 18.7 Å². The van der Waals surface area contributed by atoms with E-state index in [1.54, 1.807) is 36.5 Å². The molecule has 1 aromatic heterocycles. The van der Waals surface area contributed by atoms with Gasteiger partial charge in [0.05, 0.1) is 23.3 Å². The molecule has 0 aliphatic heterocycles. The van der Waals surface area contributed by atoms with Crippen LogP contribution >= 0.6 is 0 Å². The summed E-state index contributed by atoms with van der Waals surface area (Å²) in [7, 11) is -2.16. The maximum Gasteiger partial charge on any atom is 0.256 e. The summed E-state index contributed by atoms with van der Waals surface area (Å²) >= 11 is 0. The number of methoxy groups -OCH3 is 1. The summed E-state index contributed by atoms with van der Waals surface area (Å²) in [5, 5.41) is 2.86. The number of carbonyl (C=O) groups excluding carboxylic acids is 2. The second-order valence-corrected chi connectivity index (χ2v) is 10.0. The Bertz CT molecular complexity index is 1570. The monoisotopic (exact) mass is 501 g/mol. The molecule has 3 N–H and O–H groups in total. The van der Waals surface area contributed by atoms with Gasteiger partial charge in [-0.2, -0.15) is 0 Å². The van der Waals surface area contributed by atoms with Gasteiger partial charge in [0, 0.05) is 29.3 Å². The van der Waals surface area contributed by atoms with E-state index in [4.69, 9.17) is 10.5 Å². The Morgan fingerprint density at radius 1 is 0.889 bits per heavy atom. The molecule has 0 spiro atoms. The zero-order chi connectivity index (χ0) is 25.9. The summed E-state index contributed by atoms with van der Waals surface area (Å²) in [5.41, 5.74) is 8.68. The van der Waals surface area contributed by atoms with Crippen LogP contribution in [-0.4, -0.2) is 38.6 Å². The third-order valence-electron chi connectivity index (χ3n) is 5.52. The molecule has 182 valence electrons. The first-order valence-electron chi connectivity index (χ1n) is 10.8. The molecule has 1 heterocycles. The number of ether oxygens (including phenoxy) is 1. The zero-order valence-electron chi connectivity index (χ0n) is 19.6. The quantitative estimate of drug-likeness (QED) is 0.391. The molecule has 4 aromatic rings. The third kappa shape index (κ3) is 5.26. The highest BCUT2D eigenvalue weighted by molar-refractivity contribution is 7.90. The minimum absolute atomic E-state index is 0.0302. The Labute approximate surface area is 208 Å². The van der Waals surface area contributed by atoms with E-state index in [9.17, 15) is 18.0 Å². The van der Waals surface area contributed by atoms with Gasteiger partial charge in [-0.05, 0) is 65.7 Å². The Balaban J connectivity index is 1.78. The second-order valence-electron chi connectivity index (χ2n) is 8.01. The van der Waals surface area contributed by atoms with Crippen molar-refractivity contribution < 1.29 is 22.7 Å². The van der Waals surface area contributed by atoms with Gasteiger partial charge in [-0.25, -0.2) is 8.42 Å². The van der Waals surface area contributed by atoms with Crippen LogP contribution in [0, 0.1) is 0 Å². The molecule has 0 atom stereocenters. The number of rotatable bonds is 7. The van der Waals surface area contributed by atoms with Crippen LogP contribution in [0.15, 0.2) is 90.0 Å². The number of aromatic nitrogens is 1. The third-order valence-corrected chi connectivity index (χ3v) is 6.63. The molecule has 0 unspecified atom stereocenters. The minimum atomic E-state index is -3.57. The number of carbonyl (C=O) groups is 2. The lowest BCUT2D eigenvalue weighted by molar-refractivity contribution is 0.0995. The number of amides is 2. The summed E-state index contributed by atoms with van der Waals surface area (Å²) in [6.07, 6.45) is 2.77.